The molecule has 2 aromatic rings. The van der Waals surface area contributed by atoms with Gasteiger partial charge in [-0.1, -0.05) is 11.6 Å². The summed E-state index contributed by atoms with van der Waals surface area (Å²) < 4.78 is 37.2. The van der Waals surface area contributed by atoms with Crippen molar-refractivity contribution < 1.29 is 27.5 Å². The van der Waals surface area contributed by atoms with Crippen molar-refractivity contribution in [2.45, 2.75) is 18.4 Å². The van der Waals surface area contributed by atoms with E-state index in [2.05, 4.69) is 14.5 Å². The molecule has 1 aromatic heterocycles. The van der Waals surface area contributed by atoms with E-state index in [9.17, 15) is 18.3 Å². The minimum atomic E-state index is -3.73. The number of sulfonamides is 1. The first-order valence-electron chi connectivity index (χ1n) is 8.34. The van der Waals surface area contributed by atoms with Crippen LogP contribution in [0.25, 0.3) is 6.08 Å². The average Bonchev–Trinajstić information content (AvgIpc) is 3.24. The first-order chi connectivity index (χ1) is 13.7. The lowest BCUT2D eigenvalue weighted by atomic mass is 10.1. The van der Waals surface area contributed by atoms with E-state index >= 15 is 0 Å². The quantitative estimate of drug-likeness (QED) is 0.671. The lowest BCUT2D eigenvalue weighted by Gasteiger charge is -2.05. The summed E-state index contributed by atoms with van der Waals surface area (Å²) in [6, 6.07) is 8.95. The van der Waals surface area contributed by atoms with Crippen molar-refractivity contribution in [1.29, 1.82) is 0 Å². The largest absolute Gasteiger partial charge is 0.505 e. The van der Waals surface area contributed by atoms with Crippen molar-refractivity contribution in [1.82, 2.24) is 4.72 Å². The lowest BCUT2D eigenvalue weighted by molar-refractivity contribution is -0.135. The van der Waals surface area contributed by atoms with Gasteiger partial charge in [0.1, 0.15) is 22.8 Å². The van der Waals surface area contributed by atoms with Crippen LogP contribution in [-0.2, 0) is 26.1 Å². The standard InChI is InChI=1S/C19H17ClN2O6S/c1-11-17(19(24)27-2)18(23)16(22-11)9-13-5-6-14(28-13)10-21-29(25,26)15-7-3-12(20)4-8-15/h3-9,21,23H,10H2,1-2H3/b16-9-. The summed E-state index contributed by atoms with van der Waals surface area (Å²) in [7, 11) is -2.52. The monoisotopic (exact) mass is 436 g/mol. The Labute approximate surface area is 172 Å². The van der Waals surface area contributed by atoms with Crippen molar-refractivity contribution in [2.75, 3.05) is 7.11 Å². The molecule has 0 unspecified atom stereocenters. The molecule has 1 aliphatic rings. The third-order valence-corrected chi connectivity index (χ3v) is 5.71. The normalized spacial score (nSPS) is 15.7. The van der Waals surface area contributed by atoms with Crippen molar-refractivity contribution >= 4 is 39.4 Å². The van der Waals surface area contributed by atoms with Gasteiger partial charge in [0.2, 0.25) is 10.0 Å². The lowest BCUT2D eigenvalue weighted by Crippen LogP contribution is -2.22. The summed E-state index contributed by atoms with van der Waals surface area (Å²) in [5.41, 5.74) is 0.454. The van der Waals surface area contributed by atoms with E-state index in [1.54, 1.807) is 19.1 Å². The molecule has 10 heteroatoms. The number of esters is 1. The van der Waals surface area contributed by atoms with Crippen LogP contribution in [0.2, 0.25) is 5.02 Å². The molecule has 0 saturated heterocycles. The molecule has 2 N–H and O–H groups in total. The molecular weight excluding hydrogens is 420 g/mol. The van der Waals surface area contributed by atoms with Crippen LogP contribution in [0.4, 0.5) is 0 Å². The molecule has 0 saturated carbocycles. The van der Waals surface area contributed by atoms with Gasteiger partial charge in [-0.05, 0) is 43.3 Å². The fraction of sp³-hybridized carbons (Fsp3) is 0.158. The molecular formula is C19H17ClN2O6S. The number of nitrogens with zero attached hydrogens (tertiary/aromatic N) is 1. The number of aliphatic imine (C=N–C) groups is 1. The van der Waals surface area contributed by atoms with E-state index in [0.717, 1.165) is 0 Å². The third-order valence-electron chi connectivity index (χ3n) is 4.04. The molecule has 8 nitrogen and oxygen atoms in total. The first kappa shape index (κ1) is 20.8. The number of halogens is 1. The molecule has 0 bridgehead atoms. The fourth-order valence-electron chi connectivity index (χ4n) is 2.60. The Morgan fingerprint density at radius 2 is 1.97 bits per heavy atom. The number of methoxy groups -OCH3 is 1. The van der Waals surface area contributed by atoms with Crippen LogP contribution in [0.1, 0.15) is 18.4 Å². The summed E-state index contributed by atoms with van der Waals surface area (Å²) in [5, 5.41) is 10.6. The molecule has 0 radical (unpaired) electrons. The SMILES string of the molecule is COC(=O)C1=C(O)/C(=C/c2ccc(CNS(=O)(=O)c3ccc(Cl)cc3)o2)N=C1C. The summed E-state index contributed by atoms with van der Waals surface area (Å²) >= 11 is 5.77. The van der Waals surface area contributed by atoms with Gasteiger partial charge >= 0.3 is 5.97 Å². The van der Waals surface area contributed by atoms with Gasteiger partial charge < -0.3 is 14.3 Å². The Balaban J connectivity index is 1.73. The fourth-order valence-corrected chi connectivity index (χ4v) is 3.72. The Kier molecular flexibility index (Phi) is 5.92. The average molecular weight is 437 g/mol. The number of benzene rings is 1. The number of hydrogen-bond acceptors (Lipinski definition) is 7. The molecule has 2 heterocycles. The van der Waals surface area contributed by atoms with E-state index in [1.807, 2.05) is 0 Å². The molecule has 0 amide bonds. The topological polar surface area (TPSA) is 118 Å². The summed E-state index contributed by atoms with van der Waals surface area (Å²) in [5.74, 6) is -0.320. The second kappa shape index (κ2) is 8.24. The van der Waals surface area contributed by atoms with Crippen molar-refractivity contribution in [3.63, 3.8) is 0 Å². The highest BCUT2D eigenvalue weighted by atomic mass is 35.5. The van der Waals surface area contributed by atoms with Gasteiger partial charge in [-0.25, -0.2) is 22.9 Å². The highest BCUT2D eigenvalue weighted by molar-refractivity contribution is 7.89. The van der Waals surface area contributed by atoms with Crippen LogP contribution in [0, 0.1) is 0 Å². The van der Waals surface area contributed by atoms with Crippen LogP contribution in [0.15, 0.2) is 67.7 Å². The molecule has 152 valence electrons. The number of carbonyl (C=O) groups excluding carboxylic acids is 1. The maximum Gasteiger partial charge on any atom is 0.343 e. The predicted octanol–water partition coefficient (Wildman–Crippen LogP) is 3.21. The maximum atomic E-state index is 12.3. The Bertz CT molecular complexity index is 1140. The van der Waals surface area contributed by atoms with Crippen LogP contribution < -0.4 is 4.72 Å². The van der Waals surface area contributed by atoms with Crippen LogP contribution in [0.5, 0.6) is 0 Å². The minimum absolute atomic E-state index is 0.0127. The van der Waals surface area contributed by atoms with Gasteiger partial charge in [0, 0.05) is 11.1 Å². The Hall–Kier alpha value is -2.88. The summed E-state index contributed by atoms with van der Waals surface area (Å²) in [6.07, 6.45) is 1.44. The number of aliphatic hydroxyl groups is 1. The first-order valence-corrected chi connectivity index (χ1v) is 10.2. The zero-order valence-corrected chi connectivity index (χ0v) is 17.0. The molecule has 0 fully saturated rings. The Morgan fingerprint density at radius 1 is 1.28 bits per heavy atom. The zero-order valence-electron chi connectivity index (χ0n) is 15.5. The molecule has 1 aromatic carbocycles. The van der Waals surface area contributed by atoms with Crippen LogP contribution in [0.3, 0.4) is 0 Å². The number of aliphatic hydroxyl groups excluding tert-OH is 1. The number of hydrogen-bond donors (Lipinski definition) is 2. The molecule has 0 aliphatic carbocycles. The van der Waals surface area contributed by atoms with E-state index in [4.69, 9.17) is 16.0 Å². The van der Waals surface area contributed by atoms with Gasteiger partial charge in [0.15, 0.2) is 5.76 Å². The highest BCUT2D eigenvalue weighted by Gasteiger charge is 2.27. The number of rotatable bonds is 6. The van der Waals surface area contributed by atoms with Crippen molar-refractivity contribution in [3.05, 3.63) is 70.0 Å². The van der Waals surface area contributed by atoms with Crippen LogP contribution in [-0.4, -0.2) is 32.3 Å². The molecule has 0 spiro atoms. The van der Waals surface area contributed by atoms with Gasteiger partial charge in [-0.3, -0.25) is 0 Å². The number of nitrogens with one attached hydrogen (secondary N) is 1. The molecule has 29 heavy (non-hydrogen) atoms. The Morgan fingerprint density at radius 3 is 2.62 bits per heavy atom. The van der Waals surface area contributed by atoms with E-state index in [-0.39, 0.29) is 28.5 Å². The molecule has 1 aliphatic heterocycles. The second-order valence-corrected chi connectivity index (χ2v) is 8.23. The van der Waals surface area contributed by atoms with Gasteiger partial charge in [-0.15, -0.1) is 0 Å². The third kappa shape index (κ3) is 4.58. The van der Waals surface area contributed by atoms with Gasteiger partial charge in [-0.2, -0.15) is 0 Å². The summed E-state index contributed by atoms with van der Waals surface area (Å²) in [4.78, 5) is 15.9. The van der Waals surface area contributed by atoms with Gasteiger partial charge in [0.25, 0.3) is 0 Å². The number of carbonyl (C=O) groups is 1. The molecule has 0 atom stereocenters. The minimum Gasteiger partial charge on any atom is -0.505 e. The van der Waals surface area contributed by atoms with Crippen molar-refractivity contribution in [2.24, 2.45) is 4.99 Å². The summed E-state index contributed by atoms with van der Waals surface area (Å²) in [6.45, 7) is 1.49. The number of ether oxygens (including phenoxy) is 1. The highest BCUT2D eigenvalue weighted by Crippen LogP contribution is 2.26. The zero-order chi connectivity index (χ0) is 21.2. The van der Waals surface area contributed by atoms with E-state index in [1.165, 1.54) is 37.5 Å². The maximum absolute atomic E-state index is 12.3. The second-order valence-electron chi connectivity index (χ2n) is 6.02. The predicted molar refractivity (Wildman–Crippen MR) is 107 cm³/mol. The van der Waals surface area contributed by atoms with Crippen molar-refractivity contribution in [3.8, 4) is 0 Å². The smallest absolute Gasteiger partial charge is 0.343 e. The molecule has 3 rings (SSSR count). The van der Waals surface area contributed by atoms with Gasteiger partial charge in [0.05, 0.1) is 24.3 Å². The number of furan rings is 1. The van der Waals surface area contributed by atoms with E-state index in [0.29, 0.717) is 22.3 Å². The van der Waals surface area contributed by atoms with Crippen LogP contribution >= 0.6 is 11.6 Å². The van der Waals surface area contributed by atoms with E-state index < -0.39 is 16.0 Å².